The van der Waals surface area contributed by atoms with E-state index in [0.29, 0.717) is 0 Å². The summed E-state index contributed by atoms with van der Waals surface area (Å²) in [6, 6.07) is 8.71. The van der Waals surface area contributed by atoms with Crippen LogP contribution in [0.1, 0.15) is 17.0 Å². The number of hydrogen-bond donors (Lipinski definition) is 0. The van der Waals surface area contributed by atoms with E-state index in [0.717, 1.165) is 36.6 Å². The molecule has 0 aliphatic heterocycles. The molecular weight excluding hydrogens is 253 g/mol. The number of hydrogen-bond acceptors (Lipinski definition) is 2. The van der Waals surface area contributed by atoms with Gasteiger partial charge >= 0.3 is 0 Å². The molecule has 2 rings (SSSR count). The maximum atomic E-state index is 12.9. The zero-order chi connectivity index (χ0) is 14.5. The third kappa shape index (κ3) is 3.78. The molecule has 2 aromatic rings. The lowest BCUT2D eigenvalue weighted by Gasteiger charge is -2.20. The second-order valence-electron chi connectivity index (χ2n) is 4.99. The molecule has 1 aromatic heterocycles. The SMILES string of the molecule is C=CCN(Cc1ccc(F)cc1)Cc1cc(C)nn1C. The summed E-state index contributed by atoms with van der Waals surface area (Å²) in [6.07, 6.45) is 1.88. The van der Waals surface area contributed by atoms with Crippen molar-refractivity contribution in [2.45, 2.75) is 20.0 Å². The lowest BCUT2D eigenvalue weighted by atomic mass is 10.2. The van der Waals surface area contributed by atoms with Crippen LogP contribution in [0.15, 0.2) is 43.0 Å². The Morgan fingerprint density at radius 1 is 1.30 bits per heavy atom. The number of benzene rings is 1. The summed E-state index contributed by atoms with van der Waals surface area (Å²) in [5.41, 5.74) is 3.27. The molecule has 0 saturated carbocycles. The van der Waals surface area contributed by atoms with Crippen molar-refractivity contribution >= 4 is 0 Å². The highest BCUT2D eigenvalue weighted by atomic mass is 19.1. The largest absolute Gasteiger partial charge is 0.290 e. The minimum Gasteiger partial charge on any atom is -0.290 e. The third-order valence-electron chi connectivity index (χ3n) is 3.19. The second-order valence-corrected chi connectivity index (χ2v) is 4.99. The van der Waals surface area contributed by atoms with E-state index in [1.165, 1.54) is 12.1 Å². The summed E-state index contributed by atoms with van der Waals surface area (Å²) < 4.78 is 14.8. The molecule has 0 unspecified atom stereocenters. The third-order valence-corrected chi connectivity index (χ3v) is 3.19. The van der Waals surface area contributed by atoms with Gasteiger partial charge in [-0.1, -0.05) is 18.2 Å². The summed E-state index contributed by atoms with van der Waals surface area (Å²) in [6.45, 7) is 8.12. The molecule has 3 nitrogen and oxygen atoms in total. The molecule has 1 aromatic carbocycles. The Hall–Kier alpha value is -1.94. The lowest BCUT2D eigenvalue weighted by Crippen LogP contribution is -2.24. The highest BCUT2D eigenvalue weighted by Gasteiger charge is 2.09. The molecule has 0 saturated heterocycles. The average Bonchev–Trinajstić information content (AvgIpc) is 2.71. The number of rotatable bonds is 6. The summed E-state index contributed by atoms with van der Waals surface area (Å²) in [5, 5.41) is 4.36. The van der Waals surface area contributed by atoms with Gasteiger partial charge < -0.3 is 0 Å². The van der Waals surface area contributed by atoms with Gasteiger partial charge in [0.1, 0.15) is 5.82 Å². The van der Waals surface area contributed by atoms with Gasteiger partial charge in [0.15, 0.2) is 0 Å². The van der Waals surface area contributed by atoms with Gasteiger partial charge in [0.25, 0.3) is 0 Å². The summed E-state index contributed by atoms with van der Waals surface area (Å²) in [5.74, 6) is -0.203. The Morgan fingerprint density at radius 3 is 2.55 bits per heavy atom. The minimum atomic E-state index is -0.203. The van der Waals surface area contributed by atoms with Crippen LogP contribution >= 0.6 is 0 Å². The Labute approximate surface area is 119 Å². The van der Waals surface area contributed by atoms with E-state index in [-0.39, 0.29) is 5.82 Å². The van der Waals surface area contributed by atoms with Gasteiger partial charge in [0.05, 0.1) is 11.4 Å². The molecule has 0 atom stereocenters. The van der Waals surface area contributed by atoms with E-state index in [2.05, 4.69) is 22.6 Å². The van der Waals surface area contributed by atoms with Crippen LogP contribution in [0.3, 0.4) is 0 Å². The van der Waals surface area contributed by atoms with Gasteiger partial charge in [-0.25, -0.2) is 4.39 Å². The van der Waals surface area contributed by atoms with Crippen molar-refractivity contribution in [1.29, 1.82) is 0 Å². The van der Waals surface area contributed by atoms with Crippen molar-refractivity contribution in [3.05, 3.63) is 65.8 Å². The first kappa shape index (κ1) is 14.5. The highest BCUT2D eigenvalue weighted by molar-refractivity contribution is 5.16. The van der Waals surface area contributed by atoms with E-state index < -0.39 is 0 Å². The Morgan fingerprint density at radius 2 is 2.00 bits per heavy atom. The van der Waals surface area contributed by atoms with Crippen molar-refractivity contribution in [2.75, 3.05) is 6.54 Å². The van der Waals surface area contributed by atoms with Crippen LogP contribution < -0.4 is 0 Å². The fraction of sp³-hybridized carbons (Fsp3) is 0.312. The first-order valence-electron chi connectivity index (χ1n) is 6.65. The molecule has 0 radical (unpaired) electrons. The van der Waals surface area contributed by atoms with Crippen molar-refractivity contribution < 1.29 is 4.39 Å². The first-order chi connectivity index (χ1) is 9.58. The summed E-state index contributed by atoms with van der Waals surface area (Å²) in [7, 11) is 1.95. The van der Waals surface area contributed by atoms with Crippen molar-refractivity contribution in [1.82, 2.24) is 14.7 Å². The standard InChI is InChI=1S/C16H20FN3/c1-4-9-20(11-14-5-7-15(17)8-6-14)12-16-10-13(2)18-19(16)3/h4-8,10H,1,9,11-12H2,2-3H3. The van der Waals surface area contributed by atoms with Gasteiger partial charge in [0.2, 0.25) is 0 Å². The van der Waals surface area contributed by atoms with Crippen LogP contribution in [0.5, 0.6) is 0 Å². The molecule has 0 bridgehead atoms. The van der Waals surface area contributed by atoms with Crippen LogP contribution in [0, 0.1) is 12.7 Å². The molecule has 4 heteroatoms. The monoisotopic (exact) mass is 273 g/mol. The highest BCUT2D eigenvalue weighted by Crippen LogP contribution is 2.11. The van der Waals surface area contributed by atoms with Crippen LogP contribution in [0.2, 0.25) is 0 Å². The maximum Gasteiger partial charge on any atom is 0.123 e. The number of aryl methyl sites for hydroxylation is 2. The second kappa shape index (κ2) is 6.48. The molecule has 0 N–H and O–H groups in total. The quantitative estimate of drug-likeness (QED) is 0.754. The zero-order valence-electron chi connectivity index (χ0n) is 12.0. The van der Waals surface area contributed by atoms with Crippen LogP contribution in [-0.4, -0.2) is 21.2 Å². The normalized spacial score (nSPS) is 11.0. The fourth-order valence-electron chi connectivity index (χ4n) is 2.26. The van der Waals surface area contributed by atoms with Gasteiger partial charge in [-0.15, -0.1) is 6.58 Å². The number of nitrogens with zero attached hydrogens (tertiary/aromatic N) is 3. The first-order valence-corrected chi connectivity index (χ1v) is 6.65. The average molecular weight is 273 g/mol. The van der Waals surface area contributed by atoms with E-state index in [1.54, 1.807) is 0 Å². The maximum absolute atomic E-state index is 12.9. The van der Waals surface area contributed by atoms with Crippen LogP contribution in [0.25, 0.3) is 0 Å². The van der Waals surface area contributed by atoms with Crippen LogP contribution in [0.4, 0.5) is 4.39 Å². The Kier molecular flexibility index (Phi) is 4.69. The molecule has 1 heterocycles. The molecular formula is C16H20FN3. The van der Waals surface area contributed by atoms with E-state index >= 15 is 0 Å². The van der Waals surface area contributed by atoms with E-state index in [9.17, 15) is 4.39 Å². The smallest absolute Gasteiger partial charge is 0.123 e. The molecule has 0 aliphatic carbocycles. The van der Waals surface area contributed by atoms with Crippen LogP contribution in [-0.2, 0) is 20.1 Å². The molecule has 20 heavy (non-hydrogen) atoms. The van der Waals surface area contributed by atoms with Crippen molar-refractivity contribution in [3.8, 4) is 0 Å². The number of aromatic nitrogens is 2. The minimum absolute atomic E-state index is 0.203. The molecule has 0 fully saturated rings. The fourth-order valence-corrected chi connectivity index (χ4v) is 2.26. The van der Waals surface area contributed by atoms with Crippen molar-refractivity contribution in [2.24, 2.45) is 7.05 Å². The Balaban J connectivity index is 2.08. The van der Waals surface area contributed by atoms with Gasteiger partial charge in [0, 0.05) is 26.7 Å². The van der Waals surface area contributed by atoms with E-state index in [4.69, 9.17) is 0 Å². The predicted molar refractivity (Wildman–Crippen MR) is 78.7 cm³/mol. The van der Waals surface area contributed by atoms with Gasteiger partial charge in [-0.2, -0.15) is 5.10 Å². The molecule has 0 aliphatic rings. The number of halogens is 1. The molecule has 0 spiro atoms. The van der Waals surface area contributed by atoms with E-state index in [1.807, 2.05) is 36.9 Å². The van der Waals surface area contributed by atoms with Gasteiger partial charge in [-0.05, 0) is 30.7 Å². The zero-order valence-corrected chi connectivity index (χ0v) is 12.0. The summed E-state index contributed by atoms with van der Waals surface area (Å²) in [4.78, 5) is 2.25. The lowest BCUT2D eigenvalue weighted by molar-refractivity contribution is 0.278. The predicted octanol–water partition coefficient (Wildman–Crippen LogP) is 3.06. The molecule has 0 amide bonds. The van der Waals surface area contributed by atoms with Gasteiger partial charge in [-0.3, -0.25) is 9.58 Å². The topological polar surface area (TPSA) is 21.1 Å². The molecule has 106 valence electrons. The van der Waals surface area contributed by atoms with Crippen molar-refractivity contribution in [3.63, 3.8) is 0 Å². The Bertz CT molecular complexity index is 572. The summed E-state index contributed by atoms with van der Waals surface area (Å²) >= 11 is 0.